The van der Waals surface area contributed by atoms with Gasteiger partial charge in [-0.3, -0.25) is 4.79 Å². The summed E-state index contributed by atoms with van der Waals surface area (Å²) in [6.45, 7) is 6.85. The molecule has 184 valence electrons. The van der Waals surface area contributed by atoms with Crippen molar-refractivity contribution in [3.63, 3.8) is 0 Å². The molecular weight excluding hydrogens is 449 g/mol. The minimum absolute atomic E-state index is 0.0587. The van der Waals surface area contributed by atoms with Crippen LogP contribution in [0.5, 0.6) is 0 Å². The first-order valence-corrected chi connectivity index (χ1v) is 11.9. The lowest BCUT2D eigenvalue weighted by Crippen LogP contribution is -2.44. The Morgan fingerprint density at radius 2 is 1.37 bits per heavy atom. The Hall–Kier alpha value is -3.43. The number of benzene rings is 2. The summed E-state index contributed by atoms with van der Waals surface area (Å²) < 4.78 is 16.9. The van der Waals surface area contributed by atoms with Crippen LogP contribution in [0.4, 0.5) is 15.8 Å². The average Bonchev–Trinajstić information content (AvgIpc) is 2.85. The first-order chi connectivity index (χ1) is 16.8. The summed E-state index contributed by atoms with van der Waals surface area (Å²) in [5.74, 6) is -1.85. The molecule has 0 saturated carbocycles. The number of aromatic carboxylic acids is 1. The predicted octanol–water partition coefficient (Wildman–Crippen LogP) is 2.33. The molecule has 0 amide bonds. The first kappa shape index (κ1) is 23.3. The number of aromatic nitrogens is 1. The summed E-state index contributed by atoms with van der Waals surface area (Å²) in [5, 5.41) is 9.71. The number of pyridine rings is 1. The number of fused-ring (bicyclic) bond motifs is 1. The van der Waals surface area contributed by atoms with Crippen LogP contribution in [0.15, 0.2) is 47.4 Å². The van der Waals surface area contributed by atoms with E-state index >= 15 is 4.39 Å². The van der Waals surface area contributed by atoms with E-state index in [4.69, 9.17) is 0 Å². The van der Waals surface area contributed by atoms with Gasteiger partial charge in [-0.2, -0.15) is 0 Å². The maximum absolute atomic E-state index is 15.2. The fraction of sp³-hybridized carbons (Fsp3) is 0.385. The Balaban J connectivity index is 1.60. The molecule has 2 aliphatic rings. The number of carbonyl (C=O) groups is 1. The van der Waals surface area contributed by atoms with Crippen molar-refractivity contribution in [2.75, 3.05) is 76.3 Å². The number of anilines is 2. The Morgan fingerprint density at radius 1 is 0.829 bits per heavy atom. The number of halogens is 1. The van der Waals surface area contributed by atoms with Gasteiger partial charge in [0.2, 0.25) is 5.43 Å². The molecule has 0 bridgehead atoms. The highest BCUT2D eigenvalue weighted by Crippen LogP contribution is 2.28. The molecule has 0 aliphatic carbocycles. The number of likely N-dealkylation sites (N-methyl/N-ethyl adjacent to an activating group) is 2. The lowest BCUT2D eigenvalue weighted by molar-refractivity contribution is 0.0695. The van der Waals surface area contributed by atoms with Gasteiger partial charge in [0.15, 0.2) is 0 Å². The van der Waals surface area contributed by atoms with Gasteiger partial charge in [-0.15, -0.1) is 0 Å². The zero-order valence-electron chi connectivity index (χ0n) is 20.1. The van der Waals surface area contributed by atoms with E-state index in [9.17, 15) is 14.7 Å². The van der Waals surface area contributed by atoms with E-state index in [1.165, 1.54) is 12.3 Å². The van der Waals surface area contributed by atoms with Gasteiger partial charge in [-0.05, 0) is 50.5 Å². The van der Waals surface area contributed by atoms with Gasteiger partial charge in [0.25, 0.3) is 0 Å². The summed E-state index contributed by atoms with van der Waals surface area (Å²) in [6, 6.07) is 10.7. The van der Waals surface area contributed by atoms with Crippen LogP contribution >= 0.6 is 0 Å². The fourth-order valence-electron chi connectivity index (χ4n) is 4.88. The van der Waals surface area contributed by atoms with Crippen molar-refractivity contribution in [2.24, 2.45) is 0 Å². The van der Waals surface area contributed by atoms with Gasteiger partial charge in [0.1, 0.15) is 11.4 Å². The smallest absolute Gasteiger partial charge is 0.341 e. The molecule has 2 aliphatic heterocycles. The molecule has 5 rings (SSSR count). The van der Waals surface area contributed by atoms with Crippen molar-refractivity contribution in [1.82, 2.24) is 14.4 Å². The lowest BCUT2D eigenvalue weighted by Gasteiger charge is -2.34. The van der Waals surface area contributed by atoms with Crippen molar-refractivity contribution in [1.29, 1.82) is 0 Å². The van der Waals surface area contributed by atoms with Crippen molar-refractivity contribution >= 4 is 28.2 Å². The third-order valence-corrected chi connectivity index (χ3v) is 7.14. The van der Waals surface area contributed by atoms with Crippen LogP contribution < -0.4 is 15.2 Å². The number of hydrogen-bond acceptors (Lipinski definition) is 6. The van der Waals surface area contributed by atoms with Gasteiger partial charge in [0.05, 0.1) is 11.2 Å². The Bertz CT molecular complexity index is 1310. The third kappa shape index (κ3) is 4.49. The zero-order valence-corrected chi connectivity index (χ0v) is 20.1. The number of carboxylic acid groups (broad SMARTS) is 1. The standard InChI is InChI=1S/C26H30FN5O3/c1-28-7-11-30(12-8-28)18-3-5-19(6-4-18)32-17-21(26(34)35)25(33)20-15-22(27)24(16-23(20)32)31-13-9-29(2)10-14-31/h3-6,15-17H,7-14H2,1-2H3,(H,34,35). The molecule has 9 heteroatoms. The van der Waals surface area contributed by atoms with E-state index in [2.05, 4.69) is 21.7 Å². The van der Waals surface area contributed by atoms with Gasteiger partial charge in [-0.1, -0.05) is 0 Å². The molecule has 2 aromatic carbocycles. The van der Waals surface area contributed by atoms with Crippen molar-refractivity contribution in [2.45, 2.75) is 0 Å². The summed E-state index contributed by atoms with van der Waals surface area (Å²) in [7, 11) is 4.14. The molecule has 0 atom stereocenters. The number of piperazine rings is 2. The monoisotopic (exact) mass is 479 g/mol. The highest BCUT2D eigenvalue weighted by atomic mass is 19.1. The largest absolute Gasteiger partial charge is 0.477 e. The first-order valence-electron chi connectivity index (χ1n) is 11.9. The van der Waals surface area contributed by atoms with Gasteiger partial charge in [0, 0.05) is 75.3 Å². The highest BCUT2D eigenvalue weighted by Gasteiger charge is 2.22. The average molecular weight is 480 g/mol. The van der Waals surface area contributed by atoms with E-state index in [1.54, 1.807) is 10.6 Å². The second-order valence-corrected chi connectivity index (χ2v) is 9.46. The SMILES string of the molecule is CN1CCN(c2ccc(-n3cc(C(=O)O)c(=O)c4cc(F)c(N5CCN(C)CC5)cc43)cc2)CC1. The Morgan fingerprint density at radius 3 is 1.94 bits per heavy atom. The highest BCUT2D eigenvalue weighted by molar-refractivity contribution is 5.94. The molecule has 1 N–H and O–H groups in total. The number of carboxylic acids is 1. The van der Waals surface area contributed by atoms with Crippen LogP contribution in [0, 0.1) is 5.82 Å². The molecule has 2 fully saturated rings. The third-order valence-electron chi connectivity index (χ3n) is 7.14. The van der Waals surface area contributed by atoms with Crippen LogP contribution in [0.25, 0.3) is 16.6 Å². The molecule has 0 spiro atoms. The molecule has 0 radical (unpaired) electrons. The minimum Gasteiger partial charge on any atom is -0.477 e. The molecular formula is C26H30FN5O3. The van der Waals surface area contributed by atoms with E-state index in [0.29, 0.717) is 30.0 Å². The zero-order chi connectivity index (χ0) is 24.7. The number of rotatable bonds is 4. The summed E-state index contributed by atoms with van der Waals surface area (Å²) in [5.41, 5.74) is 1.66. The molecule has 3 heterocycles. The lowest BCUT2D eigenvalue weighted by atomic mass is 10.1. The maximum Gasteiger partial charge on any atom is 0.341 e. The van der Waals surface area contributed by atoms with E-state index in [1.807, 2.05) is 36.2 Å². The normalized spacial score (nSPS) is 17.8. The fourth-order valence-corrected chi connectivity index (χ4v) is 4.88. The van der Waals surface area contributed by atoms with Gasteiger partial charge in [-0.25, -0.2) is 9.18 Å². The molecule has 1 aromatic heterocycles. The number of nitrogens with zero attached hydrogens (tertiary/aromatic N) is 5. The van der Waals surface area contributed by atoms with E-state index in [-0.39, 0.29) is 10.9 Å². The second-order valence-electron chi connectivity index (χ2n) is 9.46. The van der Waals surface area contributed by atoms with E-state index in [0.717, 1.165) is 45.0 Å². The van der Waals surface area contributed by atoms with Crippen molar-refractivity contribution < 1.29 is 14.3 Å². The van der Waals surface area contributed by atoms with Gasteiger partial charge < -0.3 is 29.3 Å². The van der Waals surface area contributed by atoms with Crippen LogP contribution in [0.1, 0.15) is 10.4 Å². The van der Waals surface area contributed by atoms with Crippen LogP contribution in [-0.4, -0.2) is 91.9 Å². The summed E-state index contributed by atoms with van der Waals surface area (Å²) in [6.07, 6.45) is 1.35. The molecule has 2 saturated heterocycles. The molecule has 3 aromatic rings. The number of hydrogen-bond donors (Lipinski definition) is 1. The molecule has 8 nitrogen and oxygen atoms in total. The Labute approximate surface area is 203 Å². The second kappa shape index (κ2) is 9.31. The summed E-state index contributed by atoms with van der Waals surface area (Å²) >= 11 is 0. The van der Waals surface area contributed by atoms with Crippen LogP contribution in [-0.2, 0) is 0 Å². The van der Waals surface area contributed by atoms with Gasteiger partial charge >= 0.3 is 5.97 Å². The minimum atomic E-state index is -1.33. The maximum atomic E-state index is 15.2. The Kier molecular flexibility index (Phi) is 6.21. The predicted molar refractivity (Wildman–Crippen MR) is 136 cm³/mol. The van der Waals surface area contributed by atoms with Crippen LogP contribution in [0.3, 0.4) is 0 Å². The van der Waals surface area contributed by atoms with Crippen molar-refractivity contribution in [3.05, 3.63) is 64.2 Å². The summed E-state index contributed by atoms with van der Waals surface area (Å²) in [4.78, 5) is 33.5. The molecule has 35 heavy (non-hydrogen) atoms. The van der Waals surface area contributed by atoms with E-state index < -0.39 is 17.2 Å². The van der Waals surface area contributed by atoms with Crippen molar-refractivity contribution in [3.8, 4) is 5.69 Å². The van der Waals surface area contributed by atoms with Crippen LogP contribution in [0.2, 0.25) is 0 Å². The molecule has 0 unspecified atom stereocenters. The topological polar surface area (TPSA) is 72.3 Å². The quantitative estimate of drug-likeness (QED) is 0.616.